The quantitative estimate of drug-likeness (QED) is 0.365. The van der Waals surface area contributed by atoms with Crippen LogP contribution in [0.3, 0.4) is 0 Å². The van der Waals surface area contributed by atoms with Crippen molar-refractivity contribution in [3.8, 4) is 0 Å². The van der Waals surface area contributed by atoms with Gasteiger partial charge in [-0.2, -0.15) is 0 Å². The van der Waals surface area contributed by atoms with Crippen molar-refractivity contribution in [2.24, 2.45) is 11.7 Å². The number of Topliss-reactive ketones (excluding diaryl/α,β-unsaturated/α-hetero) is 1. The molecule has 0 saturated carbocycles. The Kier molecular flexibility index (Phi) is 6.59. The molecular weight excluding hydrogens is 354 g/mol. The smallest absolute Gasteiger partial charge is 0.337 e. The van der Waals surface area contributed by atoms with Gasteiger partial charge in [0.2, 0.25) is 5.54 Å². The molecule has 2 amide bonds. The van der Waals surface area contributed by atoms with Crippen molar-refractivity contribution in [1.82, 2.24) is 10.2 Å². The van der Waals surface area contributed by atoms with Crippen molar-refractivity contribution >= 4 is 23.6 Å². The molecule has 0 bridgehead atoms. The fraction of sp³-hybridized carbons (Fsp3) is 0.778. The Balaban J connectivity index is 2.20. The molecule has 152 valence electrons. The van der Waals surface area contributed by atoms with Crippen LogP contribution in [0.15, 0.2) is 0 Å². The number of ether oxygens (including phenoxy) is 1. The highest BCUT2D eigenvalue weighted by atomic mass is 16.6. The van der Waals surface area contributed by atoms with Gasteiger partial charge in [-0.3, -0.25) is 14.4 Å². The molecule has 9 heteroatoms. The van der Waals surface area contributed by atoms with Gasteiger partial charge >= 0.3 is 5.97 Å². The minimum atomic E-state index is -1.99. The zero-order chi connectivity index (χ0) is 20.4. The van der Waals surface area contributed by atoms with E-state index in [4.69, 9.17) is 10.5 Å². The average molecular weight is 383 g/mol. The molecule has 2 fully saturated rings. The third-order valence-electron chi connectivity index (χ3n) is 5.51. The standard InChI is InChI=1S/C18H29N3O6/c1-4-8-20-15(23)12-13(27-12)16(24)21-9-6-7-18(21,17(25)26)14(22)11(19)10(3)5-2/h10-13H,4-9,19H2,1-3H3,(H,20,23)(H,25,26). The largest absolute Gasteiger partial charge is 0.479 e. The Hall–Kier alpha value is -2.00. The predicted molar refractivity (Wildman–Crippen MR) is 95.7 cm³/mol. The molecule has 27 heavy (non-hydrogen) atoms. The lowest BCUT2D eigenvalue weighted by atomic mass is 9.82. The topological polar surface area (TPSA) is 142 Å². The van der Waals surface area contributed by atoms with E-state index in [1.807, 2.05) is 13.8 Å². The zero-order valence-electron chi connectivity index (χ0n) is 16.1. The van der Waals surface area contributed by atoms with Crippen LogP contribution in [0.5, 0.6) is 0 Å². The summed E-state index contributed by atoms with van der Waals surface area (Å²) in [6.07, 6.45) is -0.247. The van der Waals surface area contributed by atoms with Gasteiger partial charge in [0.15, 0.2) is 18.0 Å². The van der Waals surface area contributed by atoms with E-state index >= 15 is 0 Å². The van der Waals surface area contributed by atoms with Gasteiger partial charge in [-0.1, -0.05) is 27.2 Å². The third kappa shape index (κ3) is 3.84. The normalized spacial score (nSPS) is 29.1. The number of rotatable bonds is 9. The van der Waals surface area contributed by atoms with E-state index in [0.717, 1.165) is 11.3 Å². The van der Waals surface area contributed by atoms with E-state index in [0.29, 0.717) is 19.4 Å². The number of amides is 2. The number of ketones is 1. The monoisotopic (exact) mass is 383 g/mol. The molecule has 2 aliphatic heterocycles. The highest BCUT2D eigenvalue weighted by Crippen LogP contribution is 2.36. The fourth-order valence-electron chi connectivity index (χ4n) is 3.49. The summed E-state index contributed by atoms with van der Waals surface area (Å²) >= 11 is 0. The molecule has 9 nitrogen and oxygen atoms in total. The lowest BCUT2D eigenvalue weighted by molar-refractivity contribution is -0.163. The summed E-state index contributed by atoms with van der Waals surface area (Å²) in [4.78, 5) is 51.0. The van der Waals surface area contributed by atoms with Gasteiger partial charge < -0.3 is 25.8 Å². The van der Waals surface area contributed by atoms with E-state index in [1.165, 1.54) is 0 Å². The van der Waals surface area contributed by atoms with Crippen LogP contribution in [-0.4, -0.2) is 70.5 Å². The number of carboxylic acid groups (broad SMARTS) is 1. The highest BCUT2D eigenvalue weighted by Gasteiger charge is 2.62. The summed E-state index contributed by atoms with van der Waals surface area (Å²) in [5, 5.41) is 12.5. The van der Waals surface area contributed by atoms with Crippen LogP contribution in [0.4, 0.5) is 0 Å². The lowest BCUT2D eigenvalue weighted by Gasteiger charge is -2.36. The summed E-state index contributed by atoms with van der Waals surface area (Å²) in [5.41, 5.74) is 4.02. The van der Waals surface area contributed by atoms with Crippen molar-refractivity contribution in [1.29, 1.82) is 0 Å². The first-order chi connectivity index (χ1) is 12.7. The maximum atomic E-state index is 13.0. The summed E-state index contributed by atoms with van der Waals surface area (Å²) < 4.78 is 5.19. The summed E-state index contributed by atoms with van der Waals surface area (Å²) in [5.74, 6) is -3.31. The van der Waals surface area contributed by atoms with Crippen LogP contribution in [0, 0.1) is 5.92 Å². The van der Waals surface area contributed by atoms with E-state index in [-0.39, 0.29) is 18.9 Å². The molecule has 2 heterocycles. The number of epoxide rings is 1. The van der Waals surface area contributed by atoms with Crippen LogP contribution in [0.1, 0.15) is 46.5 Å². The Bertz CT molecular complexity index is 624. The van der Waals surface area contributed by atoms with E-state index in [9.17, 15) is 24.3 Å². The van der Waals surface area contributed by atoms with Gasteiger partial charge in [0.25, 0.3) is 11.8 Å². The molecule has 0 aromatic rings. The maximum absolute atomic E-state index is 13.0. The van der Waals surface area contributed by atoms with Crippen LogP contribution < -0.4 is 11.1 Å². The molecule has 0 radical (unpaired) electrons. The average Bonchev–Trinajstić information content (AvgIpc) is 3.33. The Morgan fingerprint density at radius 3 is 2.52 bits per heavy atom. The maximum Gasteiger partial charge on any atom is 0.337 e. The molecule has 2 rings (SSSR count). The van der Waals surface area contributed by atoms with Gasteiger partial charge in [0, 0.05) is 13.1 Å². The summed E-state index contributed by atoms with van der Waals surface area (Å²) in [6, 6.07) is -0.983. The first-order valence-electron chi connectivity index (χ1n) is 9.50. The van der Waals surface area contributed by atoms with Gasteiger partial charge in [-0.25, -0.2) is 4.79 Å². The summed E-state index contributed by atoms with van der Waals surface area (Å²) in [7, 11) is 0. The molecular formula is C18H29N3O6. The number of nitrogens with one attached hydrogen (secondary N) is 1. The molecule has 5 unspecified atom stereocenters. The minimum Gasteiger partial charge on any atom is -0.479 e. The molecule has 2 aliphatic rings. The SMILES string of the molecule is CCCNC(=O)C1OC1C(=O)N1CCCC1(C(=O)O)C(=O)C(N)C(C)CC. The van der Waals surface area contributed by atoms with Crippen molar-refractivity contribution in [2.45, 2.75) is 70.2 Å². The second kappa shape index (κ2) is 8.35. The van der Waals surface area contributed by atoms with E-state index in [2.05, 4.69) is 5.32 Å². The van der Waals surface area contributed by atoms with Crippen molar-refractivity contribution in [2.75, 3.05) is 13.1 Å². The Morgan fingerprint density at radius 2 is 1.96 bits per heavy atom. The number of nitrogens with two attached hydrogens (primary N) is 1. The van der Waals surface area contributed by atoms with Crippen molar-refractivity contribution in [3.05, 3.63) is 0 Å². The lowest BCUT2D eigenvalue weighted by Crippen LogP contribution is -2.64. The second-order valence-corrected chi connectivity index (χ2v) is 7.30. The second-order valence-electron chi connectivity index (χ2n) is 7.30. The number of carboxylic acids is 1. The van der Waals surface area contributed by atoms with Crippen LogP contribution in [0.25, 0.3) is 0 Å². The Labute approximate surface area is 158 Å². The zero-order valence-corrected chi connectivity index (χ0v) is 16.1. The minimum absolute atomic E-state index is 0.0104. The number of likely N-dealkylation sites (tertiary alicyclic amines) is 1. The molecule has 0 aliphatic carbocycles. The van der Waals surface area contributed by atoms with Gasteiger partial charge in [0.05, 0.1) is 6.04 Å². The van der Waals surface area contributed by atoms with Crippen LogP contribution in [0.2, 0.25) is 0 Å². The molecule has 0 aromatic carbocycles. The molecule has 0 spiro atoms. The third-order valence-corrected chi connectivity index (χ3v) is 5.51. The van der Waals surface area contributed by atoms with Gasteiger partial charge in [0.1, 0.15) is 0 Å². The highest BCUT2D eigenvalue weighted by molar-refractivity contribution is 6.13. The first-order valence-corrected chi connectivity index (χ1v) is 9.50. The molecule has 5 atom stereocenters. The predicted octanol–water partition coefficient (Wildman–Crippen LogP) is -0.332. The van der Waals surface area contributed by atoms with Crippen molar-refractivity contribution in [3.63, 3.8) is 0 Å². The molecule has 4 N–H and O–H groups in total. The molecule has 2 saturated heterocycles. The Morgan fingerprint density at radius 1 is 1.30 bits per heavy atom. The number of carbonyl (C=O) groups is 4. The fourth-order valence-corrected chi connectivity index (χ4v) is 3.49. The number of aliphatic carboxylic acids is 1. The number of nitrogens with zero attached hydrogens (tertiary/aromatic N) is 1. The van der Waals surface area contributed by atoms with Gasteiger partial charge in [-0.05, 0) is 25.2 Å². The van der Waals surface area contributed by atoms with E-state index < -0.39 is 47.4 Å². The number of hydrogen-bond acceptors (Lipinski definition) is 6. The number of hydrogen-bond donors (Lipinski definition) is 3. The van der Waals surface area contributed by atoms with E-state index in [1.54, 1.807) is 6.92 Å². The summed E-state index contributed by atoms with van der Waals surface area (Å²) in [6.45, 7) is 6.11. The molecule has 0 aromatic heterocycles. The van der Waals surface area contributed by atoms with Crippen LogP contribution >= 0.6 is 0 Å². The van der Waals surface area contributed by atoms with Crippen molar-refractivity contribution < 1.29 is 29.0 Å². The number of carbonyl (C=O) groups excluding carboxylic acids is 3. The van der Waals surface area contributed by atoms with Gasteiger partial charge in [-0.15, -0.1) is 0 Å². The first kappa shape index (κ1) is 21.3. The van der Waals surface area contributed by atoms with Crippen LogP contribution in [-0.2, 0) is 23.9 Å².